The van der Waals surface area contributed by atoms with Gasteiger partial charge in [-0.2, -0.15) is 0 Å². The standard InChI is InChI=1S/C13H16ClNO3S/c1-13(2,12(17)18)15(3)11(16)9-7-8(19-4)5-6-10(9)14/h5-7H,1-4H3,(H,17,18). The summed E-state index contributed by atoms with van der Waals surface area (Å²) < 4.78 is 0. The molecule has 0 spiro atoms. The second-order valence-electron chi connectivity index (χ2n) is 4.57. The van der Waals surface area contributed by atoms with E-state index in [4.69, 9.17) is 16.7 Å². The molecule has 0 unspecified atom stereocenters. The SMILES string of the molecule is CSc1ccc(Cl)c(C(=O)N(C)C(C)(C)C(=O)O)c1. The number of carboxylic acids is 1. The maximum atomic E-state index is 12.4. The van der Waals surface area contributed by atoms with E-state index in [9.17, 15) is 9.59 Å². The average molecular weight is 302 g/mol. The van der Waals surface area contributed by atoms with E-state index in [0.29, 0.717) is 10.6 Å². The van der Waals surface area contributed by atoms with Crippen LogP contribution in [0.25, 0.3) is 0 Å². The van der Waals surface area contributed by atoms with Crippen molar-refractivity contribution in [2.24, 2.45) is 0 Å². The summed E-state index contributed by atoms with van der Waals surface area (Å²) >= 11 is 7.51. The molecule has 0 fully saturated rings. The highest BCUT2D eigenvalue weighted by atomic mass is 35.5. The van der Waals surface area contributed by atoms with Crippen LogP contribution in [0.1, 0.15) is 24.2 Å². The number of benzene rings is 1. The van der Waals surface area contributed by atoms with Gasteiger partial charge < -0.3 is 10.0 Å². The number of hydrogen-bond donors (Lipinski definition) is 1. The molecule has 1 amide bonds. The second kappa shape index (κ2) is 5.84. The number of rotatable bonds is 4. The summed E-state index contributed by atoms with van der Waals surface area (Å²) in [4.78, 5) is 25.6. The van der Waals surface area contributed by atoms with E-state index in [-0.39, 0.29) is 0 Å². The highest BCUT2D eigenvalue weighted by molar-refractivity contribution is 7.98. The minimum absolute atomic E-state index is 0.311. The Morgan fingerprint density at radius 3 is 2.42 bits per heavy atom. The molecule has 4 nitrogen and oxygen atoms in total. The molecule has 0 saturated carbocycles. The molecule has 0 aliphatic carbocycles. The number of aliphatic carboxylic acids is 1. The number of halogens is 1. The van der Waals surface area contributed by atoms with Crippen LogP contribution in [0.3, 0.4) is 0 Å². The second-order valence-corrected chi connectivity index (χ2v) is 5.86. The van der Waals surface area contributed by atoms with Crippen molar-refractivity contribution in [2.45, 2.75) is 24.3 Å². The van der Waals surface area contributed by atoms with E-state index in [0.717, 1.165) is 4.90 Å². The van der Waals surface area contributed by atoms with E-state index in [1.807, 2.05) is 12.3 Å². The van der Waals surface area contributed by atoms with Gasteiger partial charge in [0.2, 0.25) is 0 Å². The van der Waals surface area contributed by atoms with E-state index in [2.05, 4.69) is 0 Å². The molecular weight excluding hydrogens is 286 g/mol. The van der Waals surface area contributed by atoms with Gasteiger partial charge in [-0.15, -0.1) is 11.8 Å². The lowest BCUT2D eigenvalue weighted by Crippen LogP contribution is -2.50. The molecule has 104 valence electrons. The van der Waals surface area contributed by atoms with Crippen molar-refractivity contribution in [3.63, 3.8) is 0 Å². The minimum atomic E-state index is -1.30. The van der Waals surface area contributed by atoms with Crippen molar-refractivity contribution in [3.05, 3.63) is 28.8 Å². The molecule has 1 N–H and O–H groups in total. The topological polar surface area (TPSA) is 57.6 Å². The van der Waals surface area contributed by atoms with Crippen LogP contribution in [-0.4, -0.2) is 40.7 Å². The Hall–Kier alpha value is -1.20. The predicted molar refractivity (Wildman–Crippen MR) is 77.0 cm³/mol. The van der Waals surface area contributed by atoms with Gasteiger partial charge in [-0.25, -0.2) is 4.79 Å². The fraction of sp³-hybridized carbons (Fsp3) is 0.385. The third kappa shape index (κ3) is 3.22. The van der Waals surface area contributed by atoms with Crippen LogP contribution in [0.2, 0.25) is 5.02 Å². The lowest BCUT2D eigenvalue weighted by molar-refractivity contribution is -0.147. The summed E-state index contributed by atoms with van der Waals surface area (Å²) in [5, 5.41) is 9.46. The molecular formula is C13H16ClNO3S. The molecule has 0 atom stereocenters. The van der Waals surface area contributed by atoms with E-state index < -0.39 is 17.4 Å². The molecule has 6 heteroatoms. The summed E-state index contributed by atoms with van der Waals surface area (Å²) in [6.07, 6.45) is 1.89. The smallest absolute Gasteiger partial charge is 0.329 e. The molecule has 0 saturated heterocycles. The van der Waals surface area contributed by atoms with Crippen molar-refractivity contribution in [2.75, 3.05) is 13.3 Å². The molecule has 1 rings (SSSR count). The van der Waals surface area contributed by atoms with Gasteiger partial charge in [0.25, 0.3) is 5.91 Å². The molecule has 0 aliphatic heterocycles. The van der Waals surface area contributed by atoms with Gasteiger partial charge in [-0.3, -0.25) is 4.79 Å². The largest absolute Gasteiger partial charge is 0.480 e. The number of nitrogens with zero attached hydrogens (tertiary/aromatic N) is 1. The summed E-state index contributed by atoms with van der Waals surface area (Å²) in [7, 11) is 1.46. The van der Waals surface area contributed by atoms with Gasteiger partial charge in [0.1, 0.15) is 5.54 Å². The molecule has 0 aromatic heterocycles. The van der Waals surface area contributed by atoms with Crippen molar-refractivity contribution in [1.29, 1.82) is 0 Å². The molecule has 0 radical (unpaired) electrons. The van der Waals surface area contributed by atoms with E-state index in [1.165, 1.54) is 37.6 Å². The van der Waals surface area contributed by atoms with Crippen LogP contribution in [0, 0.1) is 0 Å². The van der Waals surface area contributed by atoms with Gasteiger partial charge >= 0.3 is 5.97 Å². The van der Waals surface area contributed by atoms with Crippen LogP contribution in [0.4, 0.5) is 0 Å². The first-order valence-corrected chi connectivity index (χ1v) is 7.17. The molecule has 1 aromatic carbocycles. The Kier molecular flexibility index (Phi) is 4.87. The van der Waals surface area contributed by atoms with Gasteiger partial charge in [-0.1, -0.05) is 11.6 Å². The quantitative estimate of drug-likeness (QED) is 0.869. The summed E-state index contributed by atoms with van der Waals surface area (Å²) in [5.41, 5.74) is -0.985. The molecule has 19 heavy (non-hydrogen) atoms. The van der Waals surface area contributed by atoms with Gasteiger partial charge in [0.05, 0.1) is 10.6 Å². The fourth-order valence-corrected chi connectivity index (χ4v) is 2.01. The molecule has 0 bridgehead atoms. The van der Waals surface area contributed by atoms with Crippen LogP contribution in [0.15, 0.2) is 23.1 Å². The van der Waals surface area contributed by atoms with Gasteiger partial charge in [0.15, 0.2) is 0 Å². The lowest BCUT2D eigenvalue weighted by Gasteiger charge is -2.31. The Labute approximate surface area is 121 Å². The Morgan fingerprint density at radius 1 is 1.37 bits per heavy atom. The van der Waals surface area contributed by atoms with Gasteiger partial charge in [0, 0.05) is 11.9 Å². The number of carbonyl (C=O) groups is 2. The first-order chi connectivity index (χ1) is 8.71. The maximum absolute atomic E-state index is 12.4. The van der Waals surface area contributed by atoms with Crippen LogP contribution < -0.4 is 0 Å². The summed E-state index contributed by atoms with van der Waals surface area (Å²) in [6.45, 7) is 2.94. The number of hydrogen-bond acceptors (Lipinski definition) is 3. The number of likely N-dealkylation sites (N-methyl/N-ethyl adjacent to an activating group) is 1. The normalized spacial score (nSPS) is 11.2. The zero-order chi connectivity index (χ0) is 14.8. The summed E-state index contributed by atoms with van der Waals surface area (Å²) in [5.74, 6) is -1.48. The monoisotopic (exact) mass is 301 g/mol. The third-order valence-electron chi connectivity index (χ3n) is 3.07. The highest BCUT2D eigenvalue weighted by Gasteiger charge is 2.36. The first kappa shape index (κ1) is 15.9. The fourth-order valence-electron chi connectivity index (χ4n) is 1.37. The number of thioether (sulfide) groups is 1. The zero-order valence-corrected chi connectivity index (χ0v) is 12.8. The van der Waals surface area contributed by atoms with Crippen molar-refractivity contribution in [1.82, 2.24) is 4.90 Å². The van der Waals surface area contributed by atoms with E-state index in [1.54, 1.807) is 12.1 Å². The number of amides is 1. The Balaban J connectivity index is 3.17. The number of carboxylic acid groups (broad SMARTS) is 1. The van der Waals surface area contributed by atoms with E-state index >= 15 is 0 Å². The Morgan fingerprint density at radius 2 is 1.95 bits per heavy atom. The van der Waals surface area contributed by atoms with Crippen molar-refractivity contribution in [3.8, 4) is 0 Å². The Bertz CT molecular complexity index is 517. The van der Waals surface area contributed by atoms with Crippen LogP contribution >= 0.6 is 23.4 Å². The van der Waals surface area contributed by atoms with Gasteiger partial charge in [-0.05, 0) is 38.3 Å². The van der Waals surface area contributed by atoms with Crippen molar-refractivity contribution < 1.29 is 14.7 Å². The summed E-state index contributed by atoms with van der Waals surface area (Å²) in [6, 6.07) is 5.12. The lowest BCUT2D eigenvalue weighted by atomic mass is 10.0. The van der Waals surface area contributed by atoms with Crippen molar-refractivity contribution >= 4 is 35.2 Å². The molecule has 0 aliphatic rings. The molecule has 0 heterocycles. The first-order valence-electron chi connectivity index (χ1n) is 5.57. The predicted octanol–water partition coefficient (Wildman–Crippen LogP) is 3.00. The highest BCUT2D eigenvalue weighted by Crippen LogP contribution is 2.26. The maximum Gasteiger partial charge on any atom is 0.329 e. The molecule has 1 aromatic rings. The minimum Gasteiger partial charge on any atom is -0.480 e. The number of carbonyl (C=O) groups excluding carboxylic acids is 1. The van der Waals surface area contributed by atoms with Crippen LogP contribution in [0.5, 0.6) is 0 Å². The zero-order valence-electron chi connectivity index (χ0n) is 11.2. The third-order valence-corrected chi connectivity index (χ3v) is 4.13. The van der Waals surface area contributed by atoms with Crippen LogP contribution in [-0.2, 0) is 4.79 Å². The average Bonchev–Trinajstić information content (AvgIpc) is 2.37.